The molecule has 17 heavy (non-hydrogen) atoms. The zero-order valence-electron chi connectivity index (χ0n) is 9.08. The van der Waals surface area contributed by atoms with Gasteiger partial charge >= 0.3 is 0 Å². The Kier molecular flexibility index (Phi) is 3.33. The van der Waals surface area contributed by atoms with E-state index in [0.29, 0.717) is 5.56 Å². The Morgan fingerprint density at radius 2 is 2.00 bits per heavy atom. The molecule has 86 valence electrons. The summed E-state index contributed by atoms with van der Waals surface area (Å²) in [5, 5.41) is 0. The molecule has 1 aromatic heterocycles. The van der Waals surface area contributed by atoms with Crippen LogP contribution in [-0.2, 0) is 0 Å². The highest BCUT2D eigenvalue weighted by Crippen LogP contribution is 2.19. The lowest BCUT2D eigenvalue weighted by molar-refractivity contribution is 0.103. The minimum atomic E-state index is -0.510. The number of carbonyl (C=O) groups excluding carboxylic acids is 1. The first-order chi connectivity index (χ1) is 8.08. The zero-order valence-corrected chi connectivity index (χ0v) is 10.7. The number of carbonyl (C=O) groups is 1. The summed E-state index contributed by atoms with van der Waals surface area (Å²) < 4.78 is 13.9. The molecular weight excluding hydrogens is 285 g/mol. The smallest absolute Gasteiger partial charge is 0.194 e. The summed E-state index contributed by atoms with van der Waals surface area (Å²) in [6.45, 7) is 1.89. The van der Waals surface area contributed by atoms with Gasteiger partial charge in [-0.05, 0) is 36.8 Å². The number of halogens is 2. The Bertz CT molecular complexity index is 583. The number of hydrogen-bond acceptors (Lipinski definition) is 2. The fraction of sp³-hybridized carbons (Fsp3) is 0.0769. The highest BCUT2D eigenvalue weighted by molar-refractivity contribution is 9.10. The average molecular weight is 294 g/mol. The Morgan fingerprint density at radius 3 is 2.65 bits per heavy atom. The van der Waals surface area contributed by atoms with E-state index in [4.69, 9.17) is 0 Å². The van der Waals surface area contributed by atoms with E-state index in [-0.39, 0.29) is 11.3 Å². The molecule has 0 saturated heterocycles. The third kappa shape index (κ3) is 2.58. The standard InChI is InChI=1S/C13H9BrFNO/c1-8-4-9(2-3-12(8)14)13(17)10-5-11(15)7-16-6-10/h2-7H,1H3. The molecule has 4 heteroatoms. The molecule has 2 nitrogen and oxygen atoms in total. The Hall–Kier alpha value is -1.55. The normalized spacial score (nSPS) is 10.3. The predicted octanol–water partition coefficient (Wildman–Crippen LogP) is 3.52. The molecule has 0 atom stereocenters. The highest BCUT2D eigenvalue weighted by atomic mass is 79.9. The molecule has 0 saturated carbocycles. The second kappa shape index (κ2) is 4.75. The number of aryl methyl sites for hydroxylation is 1. The largest absolute Gasteiger partial charge is 0.289 e. The van der Waals surface area contributed by atoms with Crippen molar-refractivity contribution in [1.29, 1.82) is 0 Å². The van der Waals surface area contributed by atoms with Crippen molar-refractivity contribution in [2.24, 2.45) is 0 Å². The molecule has 1 aromatic carbocycles. The Morgan fingerprint density at radius 1 is 1.24 bits per heavy atom. The van der Waals surface area contributed by atoms with Gasteiger partial charge in [-0.15, -0.1) is 0 Å². The van der Waals surface area contributed by atoms with E-state index in [9.17, 15) is 9.18 Å². The van der Waals surface area contributed by atoms with Crippen molar-refractivity contribution in [2.75, 3.05) is 0 Å². The molecule has 0 unspecified atom stereocenters. The van der Waals surface area contributed by atoms with Gasteiger partial charge in [-0.1, -0.05) is 15.9 Å². The lowest BCUT2D eigenvalue weighted by atomic mass is 10.0. The van der Waals surface area contributed by atoms with Gasteiger partial charge in [-0.2, -0.15) is 0 Å². The molecule has 2 rings (SSSR count). The van der Waals surface area contributed by atoms with Crippen molar-refractivity contribution in [3.8, 4) is 0 Å². The highest BCUT2D eigenvalue weighted by Gasteiger charge is 2.11. The first kappa shape index (κ1) is 11.9. The lowest BCUT2D eigenvalue weighted by Crippen LogP contribution is -2.02. The number of pyridine rings is 1. The van der Waals surface area contributed by atoms with E-state index in [2.05, 4.69) is 20.9 Å². The predicted molar refractivity (Wildman–Crippen MR) is 66.5 cm³/mol. The molecule has 0 aliphatic rings. The fourth-order valence-electron chi connectivity index (χ4n) is 1.49. The summed E-state index contributed by atoms with van der Waals surface area (Å²) in [6.07, 6.45) is 2.44. The van der Waals surface area contributed by atoms with Gasteiger partial charge in [0.25, 0.3) is 0 Å². The maximum Gasteiger partial charge on any atom is 0.194 e. The molecular formula is C13H9BrFNO. The monoisotopic (exact) mass is 293 g/mol. The van der Waals surface area contributed by atoms with Crippen LogP contribution in [0.2, 0.25) is 0 Å². The summed E-state index contributed by atoms with van der Waals surface area (Å²) in [5.74, 6) is -0.739. The van der Waals surface area contributed by atoms with Gasteiger partial charge in [0.2, 0.25) is 0 Å². The summed E-state index contributed by atoms with van der Waals surface area (Å²) in [6, 6.07) is 6.45. The van der Waals surface area contributed by atoms with Gasteiger partial charge in [0.15, 0.2) is 5.78 Å². The Labute approximate surface area is 107 Å². The van der Waals surface area contributed by atoms with E-state index in [1.165, 1.54) is 12.3 Å². The summed E-state index contributed by atoms with van der Waals surface area (Å²) in [4.78, 5) is 15.7. The maximum absolute atomic E-state index is 13.0. The molecule has 0 aliphatic heterocycles. The first-order valence-corrected chi connectivity index (χ1v) is 5.78. The number of nitrogens with zero attached hydrogens (tertiary/aromatic N) is 1. The molecule has 0 aliphatic carbocycles. The number of ketones is 1. The van der Waals surface area contributed by atoms with Gasteiger partial charge < -0.3 is 0 Å². The first-order valence-electron chi connectivity index (χ1n) is 4.99. The molecule has 0 radical (unpaired) electrons. The van der Waals surface area contributed by atoms with Crippen LogP contribution in [0.25, 0.3) is 0 Å². The lowest BCUT2D eigenvalue weighted by Gasteiger charge is -2.03. The van der Waals surface area contributed by atoms with Gasteiger partial charge in [-0.25, -0.2) is 4.39 Å². The molecule has 0 amide bonds. The van der Waals surface area contributed by atoms with E-state index in [1.807, 2.05) is 6.92 Å². The zero-order chi connectivity index (χ0) is 12.4. The van der Waals surface area contributed by atoms with Crippen LogP contribution in [0.3, 0.4) is 0 Å². The van der Waals surface area contributed by atoms with Crippen LogP contribution < -0.4 is 0 Å². The molecule has 0 bridgehead atoms. The van der Waals surface area contributed by atoms with Crippen molar-refractivity contribution in [3.63, 3.8) is 0 Å². The molecule has 1 heterocycles. The number of rotatable bonds is 2. The van der Waals surface area contributed by atoms with Gasteiger partial charge in [0.05, 0.1) is 6.20 Å². The van der Waals surface area contributed by atoms with E-state index < -0.39 is 5.82 Å². The third-order valence-electron chi connectivity index (χ3n) is 2.39. The van der Waals surface area contributed by atoms with Crippen molar-refractivity contribution in [3.05, 3.63) is 63.6 Å². The van der Waals surface area contributed by atoms with Crippen LogP contribution >= 0.6 is 15.9 Å². The minimum Gasteiger partial charge on any atom is -0.289 e. The van der Waals surface area contributed by atoms with E-state index >= 15 is 0 Å². The number of benzene rings is 1. The van der Waals surface area contributed by atoms with E-state index in [1.54, 1.807) is 18.2 Å². The topological polar surface area (TPSA) is 30.0 Å². The number of hydrogen-bond donors (Lipinski definition) is 0. The third-order valence-corrected chi connectivity index (χ3v) is 3.28. The van der Waals surface area contributed by atoms with Gasteiger partial charge in [-0.3, -0.25) is 9.78 Å². The second-order valence-electron chi connectivity index (χ2n) is 3.68. The molecule has 2 aromatic rings. The van der Waals surface area contributed by atoms with Crippen LogP contribution in [0, 0.1) is 12.7 Å². The van der Waals surface area contributed by atoms with Crippen LogP contribution in [0.15, 0.2) is 41.1 Å². The fourth-order valence-corrected chi connectivity index (χ4v) is 1.74. The van der Waals surface area contributed by atoms with Crippen molar-refractivity contribution in [1.82, 2.24) is 4.98 Å². The van der Waals surface area contributed by atoms with Gasteiger partial charge in [0.1, 0.15) is 5.82 Å². The van der Waals surface area contributed by atoms with Crippen molar-refractivity contribution in [2.45, 2.75) is 6.92 Å². The van der Waals surface area contributed by atoms with Gasteiger partial charge in [0, 0.05) is 21.8 Å². The molecule has 0 spiro atoms. The number of aromatic nitrogens is 1. The molecule has 0 N–H and O–H groups in total. The summed E-state index contributed by atoms with van der Waals surface area (Å²) in [5.41, 5.74) is 1.74. The maximum atomic E-state index is 13.0. The van der Waals surface area contributed by atoms with Crippen LogP contribution in [0.1, 0.15) is 21.5 Å². The summed E-state index contributed by atoms with van der Waals surface area (Å²) >= 11 is 3.36. The van der Waals surface area contributed by atoms with E-state index in [0.717, 1.165) is 16.2 Å². The molecule has 0 fully saturated rings. The minimum absolute atomic E-state index is 0.229. The SMILES string of the molecule is Cc1cc(C(=O)c2cncc(F)c2)ccc1Br. The van der Waals surface area contributed by atoms with Crippen molar-refractivity contribution >= 4 is 21.7 Å². The van der Waals surface area contributed by atoms with Crippen LogP contribution in [0.4, 0.5) is 4.39 Å². The Balaban J connectivity index is 2.40. The van der Waals surface area contributed by atoms with Crippen LogP contribution in [0.5, 0.6) is 0 Å². The quantitative estimate of drug-likeness (QED) is 0.793. The van der Waals surface area contributed by atoms with Crippen molar-refractivity contribution < 1.29 is 9.18 Å². The summed E-state index contributed by atoms with van der Waals surface area (Å²) in [7, 11) is 0. The average Bonchev–Trinajstić information content (AvgIpc) is 2.32. The second-order valence-corrected chi connectivity index (χ2v) is 4.54. The van der Waals surface area contributed by atoms with Crippen LogP contribution in [-0.4, -0.2) is 10.8 Å².